The first-order valence-corrected chi connectivity index (χ1v) is 11.1. The molecular formula is C25H26N6O2. The van der Waals surface area contributed by atoms with Gasteiger partial charge in [-0.05, 0) is 56.2 Å². The van der Waals surface area contributed by atoms with Crippen molar-refractivity contribution in [2.75, 3.05) is 16.8 Å². The molecule has 2 aromatic carbocycles. The number of ether oxygens (including phenoxy) is 1. The SMILES string of the molecule is CCC1COC(=O)N1c1nc(C)nc(N[C@@H](C)c2ccc3c(ccn3-c3ccccc3)c2)n1. The zero-order valence-electron chi connectivity index (χ0n) is 18.9. The smallest absolute Gasteiger partial charge is 0.417 e. The van der Waals surface area contributed by atoms with Crippen LogP contribution in [0.2, 0.25) is 0 Å². The summed E-state index contributed by atoms with van der Waals surface area (Å²) in [5.41, 5.74) is 3.39. The molecule has 5 rings (SSSR count). The number of para-hydroxylation sites is 1. The molecule has 0 saturated carbocycles. The number of carbonyl (C=O) groups is 1. The van der Waals surface area contributed by atoms with Crippen LogP contribution in [0.15, 0.2) is 60.8 Å². The molecule has 0 radical (unpaired) electrons. The van der Waals surface area contributed by atoms with Gasteiger partial charge in [-0.3, -0.25) is 0 Å². The maximum Gasteiger partial charge on any atom is 0.417 e. The van der Waals surface area contributed by atoms with Gasteiger partial charge < -0.3 is 14.6 Å². The lowest BCUT2D eigenvalue weighted by Crippen LogP contribution is -2.34. The predicted octanol–water partition coefficient (Wildman–Crippen LogP) is 5.03. The number of hydrogen-bond acceptors (Lipinski definition) is 6. The lowest BCUT2D eigenvalue weighted by molar-refractivity contribution is 0.178. The van der Waals surface area contributed by atoms with E-state index < -0.39 is 6.09 Å². The summed E-state index contributed by atoms with van der Waals surface area (Å²) in [4.78, 5) is 27.1. The van der Waals surface area contributed by atoms with Gasteiger partial charge in [-0.2, -0.15) is 15.0 Å². The standard InChI is InChI=1S/C25H26N6O2/c1-4-20-15-33-25(32)31(20)24-28-17(3)27-23(29-24)26-16(2)18-10-11-22-19(14-18)12-13-30(22)21-8-6-5-7-9-21/h5-14,16,20H,4,15H2,1-3H3,(H,26,27,28,29)/t16-,20?/m0/s1. The summed E-state index contributed by atoms with van der Waals surface area (Å²) in [6.07, 6.45) is 2.43. The number of anilines is 2. The van der Waals surface area contributed by atoms with Gasteiger partial charge in [-0.25, -0.2) is 9.69 Å². The quantitative estimate of drug-likeness (QED) is 0.451. The van der Waals surface area contributed by atoms with Gasteiger partial charge in [-0.1, -0.05) is 31.2 Å². The number of hydrogen-bond donors (Lipinski definition) is 1. The van der Waals surface area contributed by atoms with Crippen LogP contribution in [0.25, 0.3) is 16.6 Å². The lowest BCUT2D eigenvalue weighted by Gasteiger charge is -2.20. The Kier molecular flexibility index (Phi) is 5.42. The topological polar surface area (TPSA) is 85.2 Å². The van der Waals surface area contributed by atoms with E-state index in [4.69, 9.17) is 4.74 Å². The Bertz CT molecular complexity index is 1300. The molecule has 0 bridgehead atoms. The van der Waals surface area contributed by atoms with Gasteiger partial charge in [0, 0.05) is 17.3 Å². The summed E-state index contributed by atoms with van der Waals surface area (Å²) >= 11 is 0. The maximum atomic E-state index is 12.2. The van der Waals surface area contributed by atoms with E-state index in [1.807, 2.05) is 25.1 Å². The first-order valence-electron chi connectivity index (χ1n) is 11.1. The molecule has 1 N–H and O–H groups in total. The van der Waals surface area contributed by atoms with E-state index in [2.05, 4.69) is 74.4 Å². The number of amides is 1. The molecule has 0 spiro atoms. The summed E-state index contributed by atoms with van der Waals surface area (Å²) in [6.45, 7) is 6.22. The van der Waals surface area contributed by atoms with Gasteiger partial charge in [0.05, 0.1) is 17.6 Å². The minimum absolute atomic E-state index is 0.0448. The number of aromatic nitrogens is 4. The van der Waals surface area contributed by atoms with Crippen molar-refractivity contribution in [1.82, 2.24) is 19.5 Å². The summed E-state index contributed by atoms with van der Waals surface area (Å²) in [7, 11) is 0. The molecule has 4 aromatic rings. The second-order valence-electron chi connectivity index (χ2n) is 8.22. The van der Waals surface area contributed by atoms with Crippen LogP contribution < -0.4 is 10.2 Å². The summed E-state index contributed by atoms with van der Waals surface area (Å²) in [5.74, 6) is 1.29. The van der Waals surface area contributed by atoms with Crippen molar-refractivity contribution < 1.29 is 9.53 Å². The van der Waals surface area contributed by atoms with E-state index in [1.165, 1.54) is 4.90 Å². The van der Waals surface area contributed by atoms with Gasteiger partial charge in [-0.15, -0.1) is 0 Å². The van der Waals surface area contributed by atoms with Gasteiger partial charge in [0.2, 0.25) is 11.9 Å². The molecule has 1 aliphatic rings. The summed E-state index contributed by atoms with van der Waals surface area (Å²) in [6, 6.07) is 18.7. The fourth-order valence-corrected chi connectivity index (χ4v) is 4.17. The van der Waals surface area contributed by atoms with Crippen molar-refractivity contribution in [1.29, 1.82) is 0 Å². The number of carbonyl (C=O) groups excluding carboxylic acids is 1. The first-order chi connectivity index (χ1) is 16.0. The molecule has 1 amide bonds. The van der Waals surface area contributed by atoms with Gasteiger partial charge in [0.25, 0.3) is 0 Å². The van der Waals surface area contributed by atoms with E-state index in [1.54, 1.807) is 6.92 Å². The van der Waals surface area contributed by atoms with Gasteiger partial charge in [0.15, 0.2) is 0 Å². The number of rotatable bonds is 6. The van der Waals surface area contributed by atoms with E-state index in [0.717, 1.165) is 28.6 Å². The van der Waals surface area contributed by atoms with Crippen LogP contribution in [0.1, 0.15) is 37.7 Å². The van der Waals surface area contributed by atoms with Crippen molar-refractivity contribution in [2.24, 2.45) is 0 Å². The maximum absolute atomic E-state index is 12.2. The van der Waals surface area contributed by atoms with E-state index in [-0.39, 0.29) is 12.1 Å². The molecule has 2 aromatic heterocycles. The number of cyclic esters (lactones) is 1. The molecule has 168 valence electrons. The number of aryl methyl sites for hydroxylation is 1. The van der Waals surface area contributed by atoms with Gasteiger partial charge >= 0.3 is 6.09 Å². The minimum atomic E-state index is -0.417. The minimum Gasteiger partial charge on any atom is -0.447 e. The Morgan fingerprint density at radius 2 is 1.94 bits per heavy atom. The van der Waals surface area contributed by atoms with Crippen LogP contribution in [0.5, 0.6) is 0 Å². The van der Waals surface area contributed by atoms with Gasteiger partial charge in [0.1, 0.15) is 12.4 Å². The average molecular weight is 443 g/mol. The normalized spacial score (nSPS) is 16.8. The number of nitrogens with one attached hydrogen (secondary N) is 1. The van der Waals surface area contributed by atoms with Crippen LogP contribution in [-0.4, -0.2) is 38.3 Å². The molecule has 0 aliphatic carbocycles. The van der Waals surface area contributed by atoms with E-state index in [9.17, 15) is 4.79 Å². The van der Waals surface area contributed by atoms with E-state index >= 15 is 0 Å². The lowest BCUT2D eigenvalue weighted by atomic mass is 10.1. The highest BCUT2D eigenvalue weighted by atomic mass is 16.6. The number of fused-ring (bicyclic) bond motifs is 1. The fraction of sp³-hybridized carbons (Fsp3) is 0.280. The highest BCUT2D eigenvalue weighted by molar-refractivity contribution is 5.88. The Morgan fingerprint density at radius 1 is 1.12 bits per heavy atom. The molecule has 1 fully saturated rings. The first kappa shape index (κ1) is 20.9. The van der Waals surface area contributed by atoms with Crippen LogP contribution in [0.4, 0.5) is 16.7 Å². The largest absolute Gasteiger partial charge is 0.447 e. The summed E-state index contributed by atoms with van der Waals surface area (Å²) < 4.78 is 7.37. The molecular weight excluding hydrogens is 416 g/mol. The van der Waals surface area contributed by atoms with Crippen LogP contribution in [0.3, 0.4) is 0 Å². The second-order valence-corrected chi connectivity index (χ2v) is 8.22. The molecule has 1 saturated heterocycles. The van der Waals surface area contributed by atoms with Crippen LogP contribution >= 0.6 is 0 Å². The Labute approximate surface area is 192 Å². The third-order valence-corrected chi connectivity index (χ3v) is 5.98. The average Bonchev–Trinajstić information content (AvgIpc) is 3.41. The molecule has 1 unspecified atom stereocenters. The molecule has 8 heteroatoms. The van der Waals surface area contributed by atoms with Crippen molar-refractivity contribution in [3.05, 3.63) is 72.2 Å². The van der Waals surface area contributed by atoms with Crippen LogP contribution in [0, 0.1) is 6.92 Å². The zero-order chi connectivity index (χ0) is 22.9. The Morgan fingerprint density at radius 3 is 2.73 bits per heavy atom. The van der Waals surface area contributed by atoms with Crippen molar-refractivity contribution in [3.8, 4) is 5.69 Å². The Balaban J connectivity index is 1.40. The second kappa shape index (κ2) is 8.54. The molecule has 33 heavy (non-hydrogen) atoms. The third-order valence-electron chi connectivity index (χ3n) is 5.98. The van der Waals surface area contributed by atoms with Crippen molar-refractivity contribution >= 4 is 28.9 Å². The highest BCUT2D eigenvalue weighted by Gasteiger charge is 2.35. The van der Waals surface area contributed by atoms with Crippen molar-refractivity contribution in [2.45, 2.75) is 39.3 Å². The molecule has 2 atom stereocenters. The summed E-state index contributed by atoms with van der Waals surface area (Å²) in [5, 5.41) is 4.52. The van der Waals surface area contributed by atoms with Crippen LogP contribution in [-0.2, 0) is 4.74 Å². The number of benzene rings is 2. The van der Waals surface area contributed by atoms with Crippen molar-refractivity contribution in [3.63, 3.8) is 0 Å². The number of nitrogens with zero attached hydrogens (tertiary/aromatic N) is 5. The highest BCUT2D eigenvalue weighted by Crippen LogP contribution is 2.27. The zero-order valence-corrected chi connectivity index (χ0v) is 18.9. The Hall–Kier alpha value is -3.94. The fourth-order valence-electron chi connectivity index (χ4n) is 4.17. The molecule has 3 heterocycles. The predicted molar refractivity (Wildman–Crippen MR) is 128 cm³/mol. The molecule has 1 aliphatic heterocycles. The third kappa shape index (κ3) is 4.00. The monoisotopic (exact) mass is 442 g/mol. The van der Waals surface area contributed by atoms with E-state index in [0.29, 0.717) is 24.3 Å². The molecule has 8 nitrogen and oxygen atoms in total.